The van der Waals surface area contributed by atoms with Gasteiger partial charge in [0.25, 0.3) is 0 Å². The van der Waals surface area contributed by atoms with E-state index in [1.165, 1.54) is 17.7 Å². The van der Waals surface area contributed by atoms with Gasteiger partial charge in [0.1, 0.15) is 5.78 Å². The third-order valence-corrected chi connectivity index (χ3v) is 3.96. The number of carbonyl (C=O) groups excluding carboxylic acids is 2. The number of hydrogen-bond donors (Lipinski definition) is 1. The Morgan fingerprint density at radius 2 is 1.71 bits per heavy atom. The topological polar surface area (TPSA) is 59.1 Å². The van der Waals surface area contributed by atoms with Crippen molar-refractivity contribution in [1.82, 2.24) is 10.3 Å². The van der Waals surface area contributed by atoms with Gasteiger partial charge in [0, 0.05) is 31.3 Å². The lowest BCUT2D eigenvalue weighted by molar-refractivity contribution is -0.121. The standard InChI is InChI=1S/C9H15NO2.C9H7N.C2H6/c1-6(11)8-3-4-9(5-8)10-7(2)12;1-2-4-9-7-10-6-5-8(9)3-1;1-2/h8-9H,3-5H2,1-2H3,(H,10,12);1-7H;1-2H3. The van der Waals surface area contributed by atoms with Crippen molar-refractivity contribution in [2.45, 2.75) is 53.0 Å². The van der Waals surface area contributed by atoms with Gasteiger partial charge in [-0.1, -0.05) is 38.1 Å². The van der Waals surface area contributed by atoms with Crippen molar-refractivity contribution in [3.8, 4) is 0 Å². The van der Waals surface area contributed by atoms with Crippen LogP contribution in [0.15, 0.2) is 42.7 Å². The molecule has 2 atom stereocenters. The molecular weight excluding hydrogens is 300 g/mol. The Kier molecular flexibility index (Phi) is 8.69. The Hall–Kier alpha value is -2.23. The number of nitrogens with one attached hydrogen (secondary N) is 1. The van der Waals surface area contributed by atoms with Crippen LogP contribution in [-0.4, -0.2) is 22.7 Å². The number of benzene rings is 1. The molecule has 1 aromatic heterocycles. The zero-order valence-corrected chi connectivity index (χ0v) is 15.1. The predicted molar refractivity (Wildman–Crippen MR) is 98.7 cm³/mol. The summed E-state index contributed by atoms with van der Waals surface area (Å²) in [6, 6.07) is 10.4. The van der Waals surface area contributed by atoms with Gasteiger partial charge >= 0.3 is 0 Å². The van der Waals surface area contributed by atoms with Crippen LogP contribution in [0.1, 0.15) is 47.0 Å². The number of aromatic nitrogens is 1. The Morgan fingerprint density at radius 1 is 1.04 bits per heavy atom. The largest absolute Gasteiger partial charge is 0.354 e. The van der Waals surface area contributed by atoms with E-state index >= 15 is 0 Å². The fourth-order valence-corrected chi connectivity index (χ4v) is 2.80. The Bertz CT molecular complexity index is 589. The number of hydrogen-bond acceptors (Lipinski definition) is 3. The van der Waals surface area contributed by atoms with Gasteiger partial charge in [-0.2, -0.15) is 0 Å². The number of pyridine rings is 1. The second-order valence-corrected chi connectivity index (χ2v) is 5.74. The lowest BCUT2D eigenvalue weighted by Crippen LogP contribution is -2.31. The smallest absolute Gasteiger partial charge is 0.217 e. The van der Waals surface area contributed by atoms with E-state index in [0.717, 1.165) is 19.3 Å². The monoisotopic (exact) mass is 328 g/mol. The van der Waals surface area contributed by atoms with E-state index in [1.54, 1.807) is 6.92 Å². The van der Waals surface area contributed by atoms with Crippen molar-refractivity contribution in [2.24, 2.45) is 5.92 Å². The summed E-state index contributed by atoms with van der Waals surface area (Å²) in [4.78, 5) is 25.7. The second kappa shape index (κ2) is 10.5. The molecule has 0 aliphatic heterocycles. The number of nitrogens with zero attached hydrogens (tertiary/aromatic N) is 1. The molecule has 1 aliphatic carbocycles. The van der Waals surface area contributed by atoms with E-state index in [-0.39, 0.29) is 23.7 Å². The minimum absolute atomic E-state index is 0.00389. The SMILES string of the molecule is CC.CC(=O)NC1CCC(C(C)=O)C1.c1ccc2cnccc2c1. The van der Waals surface area contributed by atoms with Crippen LogP contribution in [0, 0.1) is 5.92 Å². The van der Waals surface area contributed by atoms with Crippen LogP contribution in [0.25, 0.3) is 10.8 Å². The molecule has 130 valence electrons. The molecule has 1 heterocycles. The quantitative estimate of drug-likeness (QED) is 0.901. The lowest BCUT2D eigenvalue weighted by atomic mass is 10.0. The van der Waals surface area contributed by atoms with Gasteiger partial charge in [-0.15, -0.1) is 0 Å². The van der Waals surface area contributed by atoms with Crippen molar-refractivity contribution in [1.29, 1.82) is 0 Å². The molecule has 3 rings (SSSR count). The van der Waals surface area contributed by atoms with E-state index < -0.39 is 0 Å². The van der Waals surface area contributed by atoms with Crippen molar-refractivity contribution in [3.63, 3.8) is 0 Å². The van der Waals surface area contributed by atoms with Gasteiger partial charge < -0.3 is 5.32 Å². The van der Waals surface area contributed by atoms with Gasteiger partial charge in [0.2, 0.25) is 5.91 Å². The number of fused-ring (bicyclic) bond motifs is 1. The maximum absolute atomic E-state index is 11.0. The zero-order chi connectivity index (χ0) is 17.9. The summed E-state index contributed by atoms with van der Waals surface area (Å²) in [7, 11) is 0. The highest BCUT2D eigenvalue weighted by Gasteiger charge is 2.27. The zero-order valence-electron chi connectivity index (χ0n) is 15.1. The Balaban J connectivity index is 0.000000220. The molecule has 1 fully saturated rings. The van der Waals surface area contributed by atoms with Gasteiger partial charge in [-0.3, -0.25) is 14.6 Å². The molecule has 4 nitrogen and oxygen atoms in total. The maximum atomic E-state index is 11.0. The molecule has 1 N–H and O–H groups in total. The van der Waals surface area contributed by atoms with Gasteiger partial charge in [0.05, 0.1) is 0 Å². The molecule has 1 saturated carbocycles. The van der Waals surface area contributed by atoms with Crippen LogP contribution in [0.4, 0.5) is 0 Å². The highest BCUT2D eigenvalue weighted by atomic mass is 16.1. The van der Waals surface area contributed by atoms with Crippen molar-refractivity contribution < 1.29 is 9.59 Å². The highest BCUT2D eigenvalue weighted by molar-refractivity contribution is 5.81. The van der Waals surface area contributed by atoms with Crippen molar-refractivity contribution in [2.75, 3.05) is 0 Å². The molecule has 2 aromatic rings. The summed E-state index contributed by atoms with van der Waals surface area (Å²) in [6.45, 7) is 7.14. The molecular formula is C20H28N2O2. The number of ketones is 1. The van der Waals surface area contributed by atoms with E-state index in [0.29, 0.717) is 0 Å². The third-order valence-electron chi connectivity index (χ3n) is 3.96. The van der Waals surface area contributed by atoms with E-state index in [9.17, 15) is 9.59 Å². The molecule has 2 unspecified atom stereocenters. The van der Waals surface area contributed by atoms with Gasteiger partial charge in [-0.05, 0) is 43.0 Å². The molecule has 24 heavy (non-hydrogen) atoms. The second-order valence-electron chi connectivity index (χ2n) is 5.74. The van der Waals surface area contributed by atoms with E-state index in [2.05, 4.69) is 22.4 Å². The van der Waals surface area contributed by atoms with Crippen LogP contribution in [0.2, 0.25) is 0 Å². The molecule has 0 bridgehead atoms. The van der Waals surface area contributed by atoms with E-state index in [4.69, 9.17) is 0 Å². The summed E-state index contributed by atoms with van der Waals surface area (Å²) >= 11 is 0. The normalized spacial score (nSPS) is 18.7. The van der Waals surface area contributed by atoms with Crippen molar-refractivity contribution >= 4 is 22.5 Å². The molecule has 1 amide bonds. The minimum atomic E-state index is 0.00389. The van der Waals surface area contributed by atoms with Gasteiger partial charge in [-0.25, -0.2) is 0 Å². The lowest BCUT2D eigenvalue weighted by Gasteiger charge is -2.09. The van der Waals surface area contributed by atoms with Gasteiger partial charge in [0.15, 0.2) is 0 Å². The number of amides is 1. The first-order valence-corrected chi connectivity index (χ1v) is 8.62. The summed E-state index contributed by atoms with van der Waals surface area (Å²) in [5, 5.41) is 5.28. The predicted octanol–water partition coefficient (Wildman–Crippen LogP) is 4.14. The summed E-state index contributed by atoms with van der Waals surface area (Å²) < 4.78 is 0. The molecule has 4 heteroatoms. The fraction of sp³-hybridized carbons (Fsp3) is 0.450. The summed E-state index contributed by atoms with van der Waals surface area (Å²) in [5.74, 6) is 0.439. The Morgan fingerprint density at radius 3 is 2.25 bits per heavy atom. The number of Topliss-reactive ketones (excluding diaryl/α,β-unsaturated/α-hetero) is 1. The fourth-order valence-electron chi connectivity index (χ4n) is 2.80. The van der Waals surface area contributed by atoms with Crippen LogP contribution in [0.5, 0.6) is 0 Å². The van der Waals surface area contributed by atoms with Crippen LogP contribution in [0.3, 0.4) is 0 Å². The first kappa shape index (κ1) is 19.8. The molecule has 0 saturated heterocycles. The highest BCUT2D eigenvalue weighted by Crippen LogP contribution is 2.25. The maximum Gasteiger partial charge on any atom is 0.217 e. The summed E-state index contributed by atoms with van der Waals surface area (Å²) in [6.07, 6.45) is 6.39. The van der Waals surface area contributed by atoms with Crippen LogP contribution < -0.4 is 5.32 Å². The molecule has 1 aliphatic rings. The van der Waals surface area contributed by atoms with Crippen molar-refractivity contribution in [3.05, 3.63) is 42.7 Å². The minimum Gasteiger partial charge on any atom is -0.354 e. The summed E-state index contributed by atoms with van der Waals surface area (Å²) in [5.41, 5.74) is 0. The molecule has 0 radical (unpaired) electrons. The average molecular weight is 328 g/mol. The third kappa shape index (κ3) is 6.49. The van der Waals surface area contributed by atoms with E-state index in [1.807, 2.05) is 44.4 Å². The molecule has 0 spiro atoms. The van der Waals surface area contributed by atoms with Crippen LogP contribution >= 0.6 is 0 Å². The average Bonchev–Trinajstić information content (AvgIpc) is 3.05. The molecule has 1 aromatic carbocycles. The number of carbonyl (C=O) groups is 2. The first-order chi connectivity index (χ1) is 11.6. The van der Waals surface area contributed by atoms with Crippen LogP contribution in [-0.2, 0) is 9.59 Å². The first-order valence-electron chi connectivity index (χ1n) is 8.62. The number of rotatable bonds is 2. The Labute approximate surface area is 144 Å².